The van der Waals surface area contributed by atoms with Crippen LogP contribution in [0.3, 0.4) is 0 Å². The van der Waals surface area contributed by atoms with Crippen LogP contribution in [0.1, 0.15) is 52.9 Å². The number of ether oxygens (including phenoxy) is 3. The molecule has 7 heteroatoms. The summed E-state index contributed by atoms with van der Waals surface area (Å²) in [5, 5.41) is 0. The van der Waals surface area contributed by atoms with Gasteiger partial charge in [-0.2, -0.15) is 0 Å². The van der Waals surface area contributed by atoms with Crippen LogP contribution in [0.5, 0.6) is 0 Å². The van der Waals surface area contributed by atoms with Gasteiger partial charge in [0.05, 0.1) is 11.2 Å². The maximum absolute atomic E-state index is 12.6. The third kappa shape index (κ3) is 4.41. The van der Waals surface area contributed by atoms with Crippen molar-refractivity contribution in [1.82, 2.24) is 0 Å². The molecule has 0 saturated carbocycles. The second-order valence-corrected chi connectivity index (χ2v) is 8.29. The molecule has 0 radical (unpaired) electrons. The highest BCUT2D eigenvalue weighted by Gasteiger charge is 2.47. The van der Waals surface area contributed by atoms with Crippen molar-refractivity contribution in [3.05, 3.63) is 23.8 Å². The Labute approximate surface area is 164 Å². The van der Waals surface area contributed by atoms with Crippen molar-refractivity contribution < 1.29 is 33.4 Å². The number of ketones is 2. The van der Waals surface area contributed by atoms with Gasteiger partial charge in [-0.15, -0.1) is 0 Å². The van der Waals surface area contributed by atoms with Crippen LogP contribution in [0.4, 0.5) is 0 Å². The van der Waals surface area contributed by atoms with Gasteiger partial charge in [-0.1, -0.05) is 12.2 Å². The van der Waals surface area contributed by atoms with E-state index in [-0.39, 0.29) is 48.7 Å². The summed E-state index contributed by atoms with van der Waals surface area (Å²) < 4.78 is 16.8. The van der Waals surface area contributed by atoms with E-state index in [0.717, 1.165) is 5.57 Å². The molecule has 0 aromatic heterocycles. The molecule has 0 N–H and O–H groups in total. The van der Waals surface area contributed by atoms with Gasteiger partial charge in [0.2, 0.25) is 0 Å². The van der Waals surface area contributed by atoms with Gasteiger partial charge in [0.25, 0.3) is 0 Å². The van der Waals surface area contributed by atoms with Crippen molar-refractivity contribution in [2.24, 2.45) is 5.92 Å². The molecule has 5 atom stereocenters. The molecule has 1 saturated heterocycles. The van der Waals surface area contributed by atoms with Gasteiger partial charge < -0.3 is 14.2 Å². The van der Waals surface area contributed by atoms with E-state index in [1.165, 1.54) is 6.92 Å². The first-order chi connectivity index (χ1) is 13.1. The summed E-state index contributed by atoms with van der Waals surface area (Å²) in [5.41, 5.74) is 0.201. The second-order valence-electron chi connectivity index (χ2n) is 8.29. The minimum absolute atomic E-state index is 0.0151. The van der Waals surface area contributed by atoms with Crippen LogP contribution in [0, 0.1) is 5.92 Å². The largest absolute Gasteiger partial charge is 0.457 e. The average molecular weight is 390 g/mol. The molecule has 4 bridgehead atoms. The number of Topliss-reactive ketones (excluding diaryl/α,β-unsaturated/α-hetero) is 2. The lowest BCUT2D eigenvalue weighted by atomic mass is 9.86. The highest BCUT2D eigenvalue weighted by Crippen LogP contribution is 2.38. The minimum Gasteiger partial charge on any atom is -0.457 e. The van der Waals surface area contributed by atoms with Gasteiger partial charge in [-0.3, -0.25) is 14.4 Å². The Morgan fingerprint density at radius 1 is 1.25 bits per heavy atom. The zero-order valence-electron chi connectivity index (χ0n) is 16.5. The van der Waals surface area contributed by atoms with Crippen LogP contribution >= 0.6 is 0 Å². The molecule has 0 amide bonds. The van der Waals surface area contributed by atoms with Crippen LogP contribution in [0.2, 0.25) is 0 Å². The average Bonchev–Trinajstić information content (AvgIpc) is 3.04. The van der Waals surface area contributed by atoms with E-state index in [9.17, 15) is 19.2 Å². The summed E-state index contributed by atoms with van der Waals surface area (Å²) in [6.45, 7) is 8.80. The molecule has 7 nitrogen and oxygen atoms in total. The van der Waals surface area contributed by atoms with Crippen LogP contribution in [-0.2, 0) is 33.4 Å². The Kier molecular flexibility index (Phi) is 5.57. The van der Waals surface area contributed by atoms with Crippen LogP contribution in [0.15, 0.2) is 23.8 Å². The number of rotatable bonds is 2. The maximum Gasteiger partial charge on any atom is 0.338 e. The number of hydrogen-bond acceptors (Lipinski definition) is 7. The highest BCUT2D eigenvalue weighted by molar-refractivity contribution is 5.93. The van der Waals surface area contributed by atoms with Crippen molar-refractivity contribution in [2.45, 2.75) is 76.8 Å². The molecule has 1 fully saturated rings. The van der Waals surface area contributed by atoms with Crippen LogP contribution < -0.4 is 0 Å². The summed E-state index contributed by atoms with van der Waals surface area (Å²) in [7, 11) is 0. The fraction of sp³-hybridized carbons (Fsp3) is 0.619. The second kappa shape index (κ2) is 7.62. The summed E-state index contributed by atoms with van der Waals surface area (Å²) in [4.78, 5) is 49.0. The highest BCUT2D eigenvalue weighted by atomic mass is 16.6. The van der Waals surface area contributed by atoms with E-state index in [4.69, 9.17) is 14.2 Å². The monoisotopic (exact) mass is 390 g/mol. The van der Waals surface area contributed by atoms with Crippen molar-refractivity contribution in [3.8, 4) is 0 Å². The van der Waals surface area contributed by atoms with Crippen LogP contribution in [0.25, 0.3) is 0 Å². The van der Waals surface area contributed by atoms with Crippen molar-refractivity contribution in [2.75, 3.05) is 0 Å². The molecule has 3 aliphatic rings. The SMILES string of the molecule is C=C(C)[C@H]1CC(=O)C[C@@H]2O[C@@](C)(CC2=O)C[C@H]2C=C(C(=O)O2)[C@H](OC(C)=O)C1. The van der Waals surface area contributed by atoms with Gasteiger partial charge in [0.1, 0.15) is 24.1 Å². The first-order valence-corrected chi connectivity index (χ1v) is 9.54. The lowest BCUT2D eigenvalue weighted by Gasteiger charge is -2.26. The summed E-state index contributed by atoms with van der Waals surface area (Å²) in [5.74, 6) is -1.58. The molecule has 3 aliphatic heterocycles. The third-order valence-electron chi connectivity index (χ3n) is 5.56. The molecule has 0 aromatic rings. The normalized spacial score (nSPS) is 36.0. The summed E-state index contributed by atoms with van der Waals surface area (Å²) in [6.07, 6.45) is 0.380. The predicted octanol–water partition coefficient (Wildman–Crippen LogP) is 2.22. The Morgan fingerprint density at radius 2 is 1.96 bits per heavy atom. The molecule has 28 heavy (non-hydrogen) atoms. The standard InChI is InChI=1S/C21H26O7/c1-11(2)13-5-14(23)7-19-17(24)10-21(4,28-19)9-15-8-16(20(25)27-15)18(6-13)26-12(3)22/h8,13,15,18-19H,1,5-7,9-10H2,2-4H3/t13-,15+,18+,19-,21+/m0/s1. The van der Waals surface area contributed by atoms with Gasteiger partial charge in [-0.25, -0.2) is 4.79 Å². The fourth-order valence-electron chi connectivity index (χ4n) is 4.20. The van der Waals surface area contributed by atoms with Gasteiger partial charge in [0, 0.05) is 32.6 Å². The number of carbonyl (C=O) groups is 4. The van der Waals surface area contributed by atoms with Crippen molar-refractivity contribution in [1.29, 1.82) is 0 Å². The van der Waals surface area contributed by atoms with Crippen molar-refractivity contribution >= 4 is 23.5 Å². The smallest absolute Gasteiger partial charge is 0.338 e. The molecular weight excluding hydrogens is 364 g/mol. The number of esters is 2. The van der Waals surface area contributed by atoms with E-state index in [0.29, 0.717) is 6.42 Å². The van der Waals surface area contributed by atoms with Crippen LogP contribution in [-0.4, -0.2) is 47.4 Å². The van der Waals surface area contributed by atoms with E-state index < -0.39 is 35.9 Å². The molecule has 3 heterocycles. The zero-order valence-corrected chi connectivity index (χ0v) is 16.5. The Hall–Kier alpha value is -2.28. The maximum atomic E-state index is 12.6. The first kappa shape index (κ1) is 20.5. The fourth-order valence-corrected chi connectivity index (χ4v) is 4.20. The number of carbonyl (C=O) groups excluding carboxylic acids is 4. The third-order valence-corrected chi connectivity index (χ3v) is 5.56. The molecule has 0 unspecified atom stereocenters. The molecule has 0 aromatic carbocycles. The summed E-state index contributed by atoms with van der Waals surface area (Å²) >= 11 is 0. The van der Waals surface area contributed by atoms with Gasteiger partial charge >= 0.3 is 11.9 Å². The number of allylic oxidation sites excluding steroid dienone is 1. The first-order valence-electron chi connectivity index (χ1n) is 9.54. The molecule has 0 spiro atoms. The van der Waals surface area contributed by atoms with E-state index in [2.05, 4.69) is 6.58 Å². The Morgan fingerprint density at radius 3 is 2.61 bits per heavy atom. The topological polar surface area (TPSA) is 96.0 Å². The zero-order chi connectivity index (χ0) is 20.6. The van der Waals surface area contributed by atoms with E-state index >= 15 is 0 Å². The van der Waals surface area contributed by atoms with E-state index in [1.807, 2.05) is 0 Å². The van der Waals surface area contributed by atoms with Gasteiger partial charge in [-0.05, 0) is 32.3 Å². The minimum atomic E-state index is -0.808. The Balaban J connectivity index is 1.97. The molecular formula is C21H26O7. The number of hydrogen-bond donors (Lipinski definition) is 0. The molecule has 152 valence electrons. The summed E-state index contributed by atoms with van der Waals surface area (Å²) in [6, 6.07) is 0. The molecule has 0 aliphatic carbocycles. The van der Waals surface area contributed by atoms with Crippen molar-refractivity contribution in [3.63, 3.8) is 0 Å². The molecule has 3 rings (SSSR count). The lowest BCUT2D eigenvalue weighted by molar-refractivity contribution is -0.148. The van der Waals surface area contributed by atoms with Gasteiger partial charge in [0.15, 0.2) is 5.78 Å². The van der Waals surface area contributed by atoms with E-state index in [1.54, 1.807) is 19.9 Å². The quantitative estimate of drug-likeness (QED) is 0.527. The lowest BCUT2D eigenvalue weighted by Crippen LogP contribution is -2.31. The number of fused-ring (bicyclic) bond motifs is 3. The predicted molar refractivity (Wildman–Crippen MR) is 98.2 cm³/mol. The Bertz CT molecular complexity index is 765.